The fourth-order valence-electron chi connectivity index (χ4n) is 2.49. The highest BCUT2D eigenvalue weighted by Gasteiger charge is 2.19. The molecule has 0 spiro atoms. The SMILES string of the molecule is CSc1ncc2cc([C@@H](C)OC(=O)c3ccccc3)nc(OC(C)C)c2n1. The van der Waals surface area contributed by atoms with Crippen LogP contribution in [0.25, 0.3) is 10.9 Å². The molecule has 1 aromatic carbocycles. The number of ether oxygens (including phenoxy) is 2. The number of hydrogen-bond acceptors (Lipinski definition) is 7. The molecule has 0 amide bonds. The van der Waals surface area contributed by atoms with Gasteiger partial charge in [-0.15, -0.1) is 0 Å². The molecule has 1 atom stereocenters. The van der Waals surface area contributed by atoms with E-state index >= 15 is 0 Å². The van der Waals surface area contributed by atoms with Crippen LogP contribution >= 0.6 is 11.8 Å². The fraction of sp³-hybridized carbons (Fsp3) is 0.300. The number of rotatable bonds is 6. The van der Waals surface area contributed by atoms with E-state index in [4.69, 9.17) is 9.47 Å². The Kier molecular flexibility index (Phi) is 5.91. The van der Waals surface area contributed by atoms with Crippen molar-refractivity contribution in [2.75, 3.05) is 6.26 Å². The molecule has 2 heterocycles. The first-order chi connectivity index (χ1) is 13.0. The molecule has 27 heavy (non-hydrogen) atoms. The van der Waals surface area contributed by atoms with Gasteiger partial charge in [-0.2, -0.15) is 0 Å². The summed E-state index contributed by atoms with van der Waals surface area (Å²) >= 11 is 1.45. The van der Waals surface area contributed by atoms with E-state index in [1.165, 1.54) is 11.8 Å². The van der Waals surface area contributed by atoms with Gasteiger partial charge < -0.3 is 9.47 Å². The van der Waals surface area contributed by atoms with E-state index in [-0.39, 0.29) is 6.10 Å². The fourth-order valence-corrected chi connectivity index (χ4v) is 2.83. The summed E-state index contributed by atoms with van der Waals surface area (Å²) in [6.07, 6.45) is 3.04. The van der Waals surface area contributed by atoms with E-state index in [1.807, 2.05) is 32.2 Å². The highest BCUT2D eigenvalue weighted by molar-refractivity contribution is 7.98. The number of fused-ring (bicyclic) bond motifs is 1. The maximum atomic E-state index is 12.3. The first kappa shape index (κ1) is 19.1. The van der Waals surface area contributed by atoms with Crippen molar-refractivity contribution in [2.24, 2.45) is 0 Å². The Morgan fingerprint density at radius 2 is 1.85 bits per heavy atom. The van der Waals surface area contributed by atoms with E-state index in [9.17, 15) is 4.79 Å². The van der Waals surface area contributed by atoms with E-state index in [1.54, 1.807) is 37.4 Å². The van der Waals surface area contributed by atoms with Crippen LogP contribution < -0.4 is 4.74 Å². The second-order valence-corrected chi connectivity index (χ2v) is 7.00. The Balaban J connectivity index is 1.94. The molecule has 0 bridgehead atoms. The molecule has 0 N–H and O–H groups in total. The number of benzene rings is 1. The van der Waals surface area contributed by atoms with Gasteiger partial charge in [0, 0.05) is 11.6 Å². The van der Waals surface area contributed by atoms with Crippen molar-refractivity contribution in [3.05, 3.63) is 53.9 Å². The lowest BCUT2D eigenvalue weighted by Gasteiger charge is -2.17. The number of nitrogens with zero attached hydrogens (tertiary/aromatic N) is 3. The van der Waals surface area contributed by atoms with Crippen molar-refractivity contribution in [1.82, 2.24) is 15.0 Å². The Morgan fingerprint density at radius 1 is 1.11 bits per heavy atom. The molecule has 0 saturated heterocycles. The van der Waals surface area contributed by atoms with E-state index < -0.39 is 12.1 Å². The lowest BCUT2D eigenvalue weighted by molar-refractivity contribution is 0.0327. The number of carbonyl (C=O) groups excluding carboxylic acids is 1. The Bertz CT molecular complexity index is 948. The van der Waals surface area contributed by atoms with Gasteiger partial charge in [-0.05, 0) is 45.2 Å². The van der Waals surface area contributed by atoms with Gasteiger partial charge in [-0.25, -0.2) is 19.7 Å². The Hall–Kier alpha value is -2.67. The third-order valence-electron chi connectivity index (χ3n) is 3.77. The molecule has 6 nitrogen and oxygen atoms in total. The summed E-state index contributed by atoms with van der Waals surface area (Å²) in [4.78, 5) is 25.7. The smallest absolute Gasteiger partial charge is 0.338 e. The molecular formula is C20H21N3O3S. The number of pyridine rings is 1. The first-order valence-electron chi connectivity index (χ1n) is 8.62. The Morgan fingerprint density at radius 3 is 2.52 bits per heavy atom. The molecule has 140 valence electrons. The van der Waals surface area contributed by atoms with Crippen LogP contribution in [0.4, 0.5) is 0 Å². The summed E-state index contributed by atoms with van der Waals surface area (Å²) in [6, 6.07) is 10.7. The lowest BCUT2D eigenvalue weighted by Crippen LogP contribution is -2.13. The van der Waals surface area contributed by atoms with Gasteiger partial charge in [0.25, 0.3) is 0 Å². The van der Waals surface area contributed by atoms with Crippen LogP contribution in [0.1, 0.15) is 42.9 Å². The largest absolute Gasteiger partial charge is 0.473 e. The second kappa shape index (κ2) is 8.35. The summed E-state index contributed by atoms with van der Waals surface area (Å²) in [7, 11) is 0. The van der Waals surface area contributed by atoms with Gasteiger partial charge in [0.05, 0.1) is 17.4 Å². The van der Waals surface area contributed by atoms with Crippen LogP contribution in [-0.4, -0.2) is 33.3 Å². The molecule has 3 rings (SSSR count). The minimum Gasteiger partial charge on any atom is -0.473 e. The van der Waals surface area contributed by atoms with Crippen molar-refractivity contribution < 1.29 is 14.3 Å². The van der Waals surface area contributed by atoms with Crippen LogP contribution in [-0.2, 0) is 4.74 Å². The zero-order valence-corrected chi connectivity index (χ0v) is 16.5. The average Bonchev–Trinajstić information content (AvgIpc) is 2.67. The number of carbonyl (C=O) groups is 1. The molecule has 3 aromatic rings. The van der Waals surface area contributed by atoms with Crippen LogP contribution in [0.3, 0.4) is 0 Å². The van der Waals surface area contributed by atoms with E-state index in [0.29, 0.717) is 27.8 Å². The predicted molar refractivity (Wildman–Crippen MR) is 105 cm³/mol. The van der Waals surface area contributed by atoms with Gasteiger partial charge in [-0.1, -0.05) is 30.0 Å². The monoisotopic (exact) mass is 383 g/mol. The van der Waals surface area contributed by atoms with Gasteiger partial charge in [0.1, 0.15) is 11.6 Å². The minimum atomic E-state index is -0.545. The van der Waals surface area contributed by atoms with E-state index in [2.05, 4.69) is 15.0 Å². The topological polar surface area (TPSA) is 74.2 Å². The maximum Gasteiger partial charge on any atom is 0.338 e. The third kappa shape index (κ3) is 4.54. The number of esters is 1. The maximum absolute atomic E-state index is 12.3. The van der Waals surface area contributed by atoms with Crippen LogP contribution in [0, 0.1) is 0 Å². The summed E-state index contributed by atoms with van der Waals surface area (Å²) in [5, 5.41) is 1.44. The van der Waals surface area contributed by atoms with E-state index in [0.717, 1.165) is 5.39 Å². The van der Waals surface area contributed by atoms with Gasteiger partial charge >= 0.3 is 5.97 Å². The Labute approximate surface area is 162 Å². The molecule has 0 aliphatic carbocycles. The van der Waals surface area contributed by atoms with Crippen molar-refractivity contribution in [1.29, 1.82) is 0 Å². The second-order valence-electron chi connectivity index (χ2n) is 6.23. The molecule has 7 heteroatoms. The predicted octanol–water partition coefficient (Wildman–Crippen LogP) is 4.45. The standard InChI is InChI=1S/C20H21N3O3S/c1-12(2)25-18-17-15(11-21-20(23-17)27-4)10-16(22-18)13(3)26-19(24)14-8-6-5-7-9-14/h5-13H,1-4H3/t13-/m1/s1. The number of aromatic nitrogens is 3. The van der Waals surface area contributed by atoms with Crippen LogP contribution in [0.5, 0.6) is 5.88 Å². The number of thioether (sulfide) groups is 1. The number of hydrogen-bond donors (Lipinski definition) is 0. The normalized spacial score (nSPS) is 12.2. The summed E-state index contributed by atoms with van der Waals surface area (Å²) < 4.78 is 11.4. The average molecular weight is 383 g/mol. The van der Waals surface area contributed by atoms with Gasteiger partial charge in [-0.3, -0.25) is 0 Å². The first-order valence-corrected chi connectivity index (χ1v) is 9.84. The highest BCUT2D eigenvalue weighted by atomic mass is 32.2. The van der Waals surface area contributed by atoms with Gasteiger partial charge in [0.15, 0.2) is 5.16 Å². The van der Waals surface area contributed by atoms with Crippen molar-refractivity contribution in [2.45, 2.75) is 38.1 Å². The molecule has 2 aromatic heterocycles. The lowest BCUT2D eigenvalue weighted by atomic mass is 10.2. The van der Waals surface area contributed by atoms with Crippen molar-refractivity contribution in [3.8, 4) is 5.88 Å². The zero-order valence-electron chi connectivity index (χ0n) is 15.7. The molecular weight excluding hydrogens is 362 g/mol. The minimum absolute atomic E-state index is 0.0641. The van der Waals surface area contributed by atoms with Crippen LogP contribution in [0.2, 0.25) is 0 Å². The molecule has 0 radical (unpaired) electrons. The molecule has 0 aliphatic heterocycles. The van der Waals surface area contributed by atoms with Crippen LogP contribution in [0.15, 0.2) is 47.8 Å². The quantitative estimate of drug-likeness (QED) is 0.354. The molecule has 0 fully saturated rings. The highest BCUT2D eigenvalue weighted by Crippen LogP contribution is 2.28. The molecule has 0 saturated carbocycles. The summed E-state index contributed by atoms with van der Waals surface area (Å²) in [6.45, 7) is 5.64. The summed E-state index contributed by atoms with van der Waals surface area (Å²) in [5.41, 5.74) is 1.73. The summed E-state index contributed by atoms with van der Waals surface area (Å²) in [5.74, 6) is 0.0168. The van der Waals surface area contributed by atoms with Crippen molar-refractivity contribution in [3.63, 3.8) is 0 Å². The van der Waals surface area contributed by atoms with Gasteiger partial charge in [0.2, 0.25) is 5.88 Å². The third-order valence-corrected chi connectivity index (χ3v) is 4.33. The zero-order chi connectivity index (χ0) is 19.4. The molecule has 0 unspecified atom stereocenters. The van der Waals surface area contributed by atoms with Crippen molar-refractivity contribution >= 4 is 28.6 Å². The molecule has 0 aliphatic rings.